The highest BCUT2D eigenvalue weighted by Gasteiger charge is 2.24. The van der Waals surface area contributed by atoms with Crippen LogP contribution in [0.2, 0.25) is 0 Å². The molecule has 104 valence electrons. The molecule has 0 saturated carbocycles. The first-order chi connectivity index (χ1) is 9.79. The van der Waals surface area contributed by atoms with Gasteiger partial charge in [-0.2, -0.15) is 5.10 Å². The summed E-state index contributed by atoms with van der Waals surface area (Å²) < 4.78 is 7.87. The second-order valence-corrected chi connectivity index (χ2v) is 5.74. The largest absolute Gasteiger partial charge is 0.491 e. The normalized spacial score (nSPS) is 19.8. The third-order valence-corrected chi connectivity index (χ3v) is 4.19. The molecular formula is C16H19N3O. The molecule has 4 nitrogen and oxygen atoms in total. The van der Waals surface area contributed by atoms with Gasteiger partial charge in [0.1, 0.15) is 12.4 Å². The standard InChI is InChI=1S/C16H19N3O/c1-11-4-5-16-14(7-11)15(10-20-16)17-9-12-8-13-3-2-6-19(13)18-12/h4-5,7-8,15,17H,2-3,6,9-10H2,1H3. The molecule has 1 N–H and O–H groups in total. The van der Waals surface area contributed by atoms with Crippen LogP contribution in [-0.2, 0) is 19.5 Å². The van der Waals surface area contributed by atoms with E-state index >= 15 is 0 Å². The smallest absolute Gasteiger partial charge is 0.124 e. The second kappa shape index (κ2) is 4.63. The average molecular weight is 269 g/mol. The maximum atomic E-state index is 5.73. The molecule has 0 radical (unpaired) electrons. The van der Waals surface area contributed by atoms with Gasteiger partial charge in [-0.05, 0) is 31.9 Å². The van der Waals surface area contributed by atoms with Crippen molar-refractivity contribution in [3.63, 3.8) is 0 Å². The number of hydrogen-bond donors (Lipinski definition) is 1. The molecule has 2 aliphatic heterocycles. The maximum Gasteiger partial charge on any atom is 0.124 e. The van der Waals surface area contributed by atoms with E-state index in [-0.39, 0.29) is 6.04 Å². The molecule has 20 heavy (non-hydrogen) atoms. The highest BCUT2D eigenvalue weighted by molar-refractivity contribution is 5.42. The van der Waals surface area contributed by atoms with E-state index in [1.807, 2.05) is 0 Å². The van der Waals surface area contributed by atoms with Crippen LogP contribution in [0.3, 0.4) is 0 Å². The van der Waals surface area contributed by atoms with Crippen molar-refractivity contribution in [2.24, 2.45) is 0 Å². The number of hydrogen-bond acceptors (Lipinski definition) is 3. The van der Waals surface area contributed by atoms with E-state index in [0.29, 0.717) is 6.61 Å². The summed E-state index contributed by atoms with van der Waals surface area (Å²) in [6, 6.07) is 8.89. The second-order valence-electron chi connectivity index (χ2n) is 5.74. The van der Waals surface area contributed by atoms with E-state index in [4.69, 9.17) is 4.74 Å². The highest BCUT2D eigenvalue weighted by Crippen LogP contribution is 2.33. The molecule has 4 rings (SSSR count). The van der Waals surface area contributed by atoms with Gasteiger partial charge in [-0.1, -0.05) is 17.7 Å². The Morgan fingerprint density at radius 3 is 3.25 bits per heavy atom. The summed E-state index contributed by atoms with van der Waals surface area (Å²) in [5.41, 5.74) is 5.07. The van der Waals surface area contributed by atoms with Crippen molar-refractivity contribution in [2.75, 3.05) is 6.61 Å². The van der Waals surface area contributed by atoms with Gasteiger partial charge in [-0.3, -0.25) is 4.68 Å². The fourth-order valence-electron chi connectivity index (χ4n) is 3.14. The van der Waals surface area contributed by atoms with Gasteiger partial charge in [-0.25, -0.2) is 0 Å². The molecule has 0 amide bonds. The van der Waals surface area contributed by atoms with Gasteiger partial charge in [0.05, 0.1) is 11.7 Å². The summed E-state index contributed by atoms with van der Waals surface area (Å²) in [6.45, 7) is 4.72. The minimum Gasteiger partial charge on any atom is -0.491 e. The zero-order chi connectivity index (χ0) is 13.5. The molecule has 0 aliphatic carbocycles. The number of fused-ring (bicyclic) bond motifs is 2. The van der Waals surface area contributed by atoms with E-state index in [0.717, 1.165) is 24.5 Å². The van der Waals surface area contributed by atoms with E-state index in [1.54, 1.807) is 0 Å². The van der Waals surface area contributed by atoms with Gasteiger partial charge >= 0.3 is 0 Å². The summed E-state index contributed by atoms with van der Waals surface area (Å²) in [5.74, 6) is 1.01. The summed E-state index contributed by atoms with van der Waals surface area (Å²) in [6.07, 6.45) is 2.40. The van der Waals surface area contributed by atoms with Crippen LogP contribution in [0.1, 0.15) is 35.0 Å². The molecule has 2 aromatic rings. The Morgan fingerprint density at radius 2 is 2.35 bits per heavy atom. The third-order valence-electron chi connectivity index (χ3n) is 4.19. The average Bonchev–Trinajstić information content (AvgIpc) is 3.09. The fourth-order valence-corrected chi connectivity index (χ4v) is 3.14. The number of aryl methyl sites for hydroxylation is 3. The van der Waals surface area contributed by atoms with Crippen molar-refractivity contribution in [3.05, 3.63) is 46.8 Å². The van der Waals surface area contributed by atoms with Crippen molar-refractivity contribution in [3.8, 4) is 5.75 Å². The van der Waals surface area contributed by atoms with Crippen LogP contribution in [0.15, 0.2) is 24.3 Å². The highest BCUT2D eigenvalue weighted by atomic mass is 16.5. The van der Waals surface area contributed by atoms with E-state index in [1.165, 1.54) is 29.7 Å². The number of rotatable bonds is 3. The predicted octanol–water partition coefficient (Wildman–Crippen LogP) is 2.36. The molecular weight excluding hydrogens is 250 g/mol. The van der Waals surface area contributed by atoms with Crippen LogP contribution in [0.5, 0.6) is 5.75 Å². The molecule has 4 heteroatoms. The minimum atomic E-state index is 0.279. The van der Waals surface area contributed by atoms with Crippen molar-refractivity contribution < 1.29 is 4.74 Å². The van der Waals surface area contributed by atoms with Gasteiger partial charge in [-0.15, -0.1) is 0 Å². The lowest BCUT2D eigenvalue weighted by molar-refractivity contribution is 0.310. The van der Waals surface area contributed by atoms with E-state index < -0.39 is 0 Å². The Bertz CT molecular complexity index is 626. The molecule has 3 heterocycles. The topological polar surface area (TPSA) is 39.1 Å². The van der Waals surface area contributed by atoms with Crippen LogP contribution >= 0.6 is 0 Å². The van der Waals surface area contributed by atoms with Gasteiger partial charge in [0.2, 0.25) is 0 Å². The van der Waals surface area contributed by atoms with Crippen molar-refractivity contribution in [2.45, 2.75) is 38.9 Å². The van der Waals surface area contributed by atoms with Crippen LogP contribution in [0.25, 0.3) is 0 Å². The first-order valence-electron chi connectivity index (χ1n) is 7.32. The molecule has 0 fully saturated rings. The molecule has 0 saturated heterocycles. The molecule has 0 bridgehead atoms. The first kappa shape index (κ1) is 12.0. The van der Waals surface area contributed by atoms with Gasteiger partial charge in [0.15, 0.2) is 0 Å². The van der Waals surface area contributed by atoms with Crippen molar-refractivity contribution in [1.29, 1.82) is 0 Å². The first-order valence-corrected chi connectivity index (χ1v) is 7.32. The fraction of sp³-hybridized carbons (Fsp3) is 0.438. The third kappa shape index (κ3) is 2.00. The monoisotopic (exact) mass is 269 g/mol. The minimum absolute atomic E-state index is 0.279. The van der Waals surface area contributed by atoms with E-state index in [9.17, 15) is 0 Å². The van der Waals surface area contributed by atoms with Gasteiger partial charge in [0.25, 0.3) is 0 Å². The van der Waals surface area contributed by atoms with Crippen LogP contribution in [0, 0.1) is 6.92 Å². The molecule has 0 spiro atoms. The number of aromatic nitrogens is 2. The number of nitrogens with zero attached hydrogens (tertiary/aromatic N) is 2. The predicted molar refractivity (Wildman–Crippen MR) is 76.8 cm³/mol. The maximum absolute atomic E-state index is 5.73. The van der Waals surface area contributed by atoms with Crippen LogP contribution in [0.4, 0.5) is 0 Å². The quantitative estimate of drug-likeness (QED) is 0.929. The number of benzene rings is 1. The lowest BCUT2D eigenvalue weighted by Gasteiger charge is -2.10. The molecule has 1 unspecified atom stereocenters. The molecule has 1 atom stereocenters. The van der Waals surface area contributed by atoms with Gasteiger partial charge in [0, 0.05) is 24.3 Å². The van der Waals surface area contributed by atoms with Crippen LogP contribution in [-0.4, -0.2) is 16.4 Å². The Balaban J connectivity index is 1.47. The summed E-state index contributed by atoms with van der Waals surface area (Å²) in [5, 5.41) is 8.21. The van der Waals surface area contributed by atoms with Crippen LogP contribution < -0.4 is 10.1 Å². The molecule has 1 aromatic heterocycles. The molecule has 2 aliphatic rings. The SMILES string of the molecule is Cc1ccc2c(c1)C(NCc1cc3n(n1)CCC3)CO2. The zero-order valence-corrected chi connectivity index (χ0v) is 11.7. The summed E-state index contributed by atoms with van der Waals surface area (Å²) in [4.78, 5) is 0. The lowest BCUT2D eigenvalue weighted by atomic mass is 10.1. The molecule has 1 aromatic carbocycles. The zero-order valence-electron chi connectivity index (χ0n) is 11.7. The van der Waals surface area contributed by atoms with Crippen molar-refractivity contribution in [1.82, 2.24) is 15.1 Å². The Hall–Kier alpha value is -1.81. The Labute approximate surface area is 118 Å². The Kier molecular flexibility index (Phi) is 2.77. The number of ether oxygens (including phenoxy) is 1. The summed E-state index contributed by atoms with van der Waals surface area (Å²) >= 11 is 0. The summed E-state index contributed by atoms with van der Waals surface area (Å²) in [7, 11) is 0. The number of nitrogens with one attached hydrogen (secondary N) is 1. The lowest BCUT2D eigenvalue weighted by Crippen LogP contribution is -2.22. The van der Waals surface area contributed by atoms with E-state index in [2.05, 4.69) is 46.3 Å². The van der Waals surface area contributed by atoms with Crippen molar-refractivity contribution >= 4 is 0 Å². The van der Waals surface area contributed by atoms with Gasteiger partial charge < -0.3 is 10.1 Å². The Morgan fingerprint density at radius 1 is 1.40 bits per heavy atom.